The van der Waals surface area contributed by atoms with E-state index in [0.717, 1.165) is 16.9 Å². The van der Waals surface area contributed by atoms with Gasteiger partial charge in [0.15, 0.2) is 0 Å². The topological polar surface area (TPSA) is 146 Å². The van der Waals surface area contributed by atoms with Crippen LogP contribution in [0, 0.1) is 10.1 Å². The van der Waals surface area contributed by atoms with Gasteiger partial charge < -0.3 is 34.8 Å². The molecule has 2 aromatic carbocycles. The van der Waals surface area contributed by atoms with Crippen molar-refractivity contribution in [1.82, 2.24) is 0 Å². The van der Waals surface area contributed by atoms with Crippen LogP contribution in [0.1, 0.15) is 5.56 Å². The molecule has 166 valence electrons. The number of hydrogen-bond donors (Lipinski definition) is 4. The molecule has 0 amide bonds. The Hall–Kier alpha value is -2.47. The Morgan fingerprint density at radius 3 is 2.61 bits per heavy atom. The number of aliphatic hydroxyl groups is 4. The van der Waals surface area contributed by atoms with Gasteiger partial charge in [-0.2, -0.15) is 0 Å². The highest BCUT2D eigenvalue weighted by molar-refractivity contribution is 6.32. The van der Waals surface area contributed by atoms with Gasteiger partial charge in [0, 0.05) is 30.1 Å². The van der Waals surface area contributed by atoms with E-state index in [-0.39, 0.29) is 16.5 Å². The minimum absolute atomic E-state index is 0.0434. The van der Waals surface area contributed by atoms with Gasteiger partial charge >= 0.3 is 0 Å². The second kappa shape index (κ2) is 8.58. The van der Waals surface area contributed by atoms with E-state index in [1.807, 2.05) is 4.90 Å². The van der Waals surface area contributed by atoms with Crippen LogP contribution < -0.4 is 9.64 Å². The highest BCUT2D eigenvalue weighted by atomic mass is 35.5. The molecule has 0 aromatic heterocycles. The molecule has 0 bridgehead atoms. The number of rotatable bonds is 5. The molecule has 2 unspecified atom stereocenters. The van der Waals surface area contributed by atoms with Gasteiger partial charge in [-0.25, -0.2) is 0 Å². The minimum atomic E-state index is -1.56. The lowest BCUT2D eigenvalue weighted by atomic mass is 9.99. The molecule has 2 aliphatic heterocycles. The molecule has 0 saturated carbocycles. The van der Waals surface area contributed by atoms with Crippen molar-refractivity contribution in [2.24, 2.45) is 0 Å². The molecule has 2 aromatic rings. The summed E-state index contributed by atoms with van der Waals surface area (Å²) in [6.07, 6.45) is -6.37. The lowest BCUT2D eigenvalue weighted by Gasteiger charge is -2.39. The number of benzene rings is 2. The molecule has 2 heterocycles. The number of fused-ring (bicyclic) bond motifs is 1. The molecule has 0 spiro atoms. The Morgan fingerprint density at radius 1 is 1.16 bits per heavy atom. The Bertz CT molecular complexity index is 988. The number of anilines is 2. The second-order valence-electron chi connectivity index (χ2n) is 7.40. The van der Waals surface area contributed by atoms with E-state index in [2.05, 4.69) is 0 Å². The Kier molecular flexibility index (Phi) is 6.02. The van der Waals surface area contributed by atoms with E-state index in [9.17, 15) is 30.5 Å². The Balaban J connectivity index is 1.53. The maximum atomic E-state index is 11.0. The Labute approximate surface area is 182 Å². The van der Waals surface area contributed by atoms with Crippen LogP contribution in [-0.4, -0.2) is 69.2 Å². The summed E-state index contributed by atoms with van der Waals surface area (Å²) < 4.78 is 10.9. The van der Waals surface area contributed by atoms with Crippen molar-refractivity contribution in [2.75, 3.05) is 18.1 Å². The zero-order valence-electron chi connectivity index (χ0n) is 16.2. The van der Waals surface area contributed by atoms with Gasteiger partial charge in [0.2, 0.25) is 6.29 Å². The highest BCUT2D eigenvalue weighted by Gasteiger charge is 2.44. The van der Waals surface area contributed by atoms with E-state index >= 15 is 0 Å². The first-order valence-electron chi connectivity index (χ1n) is 9.61. The first-order chi connectivity index (χ1) is 14.8. The zero-order chi connectivity index (χ0) is 22.3. The molecule has 1 fully saturated rings. The molecule has 2 aliphatic rings. The fraction of sp³-hybridized carbons (Fsp3) is 0.400. The summed E-state index contributed by atoms with van der Waals surface area (Å²) in [6, 6.07) is 9.68. The third-order valence-electron chi connectivity index (χ3n) is 5.49. The number of hydrogen-bond acceptors (Lipinski definition) is 9. The van der Waals surface area contributed by atoms with Crippen molar-refractivity contribution in [3.8, 4) is 5.75 Å². The molecule has 0 radical (unpaired) electrons. The van der Waals surface area contributed by atoms with Crippen molar-refractivity contribution < 1.29 is 34.8 Å². The third-order valence-corrected chi connectivity index (χ3v) is 5.78. The number of nitro groups is 1. The van der Waals surface area contributed by atoms with E-state index in [4.69, 9.17) is 21.1 Å². The van der Waals surface area contributed by atoms with Crippen molar-refractivity contribution in [3.05, 3.63) is 57.1 Å². The average Bonchev–Trinajstić information content (AvgIpc) is 3.18. The summed E-state index contributed by atoms with van der Waals surface area (Å²) >= 11 is 6.36. The van der Waals surface area contributed by atoms with Gasteiger partial charge in [-0.3, -0.25) is 10.1 Å². The van der Waals surface area contributed by atoms with Crippen LogP contribution in [0.5, 0.6) is 5.75 Å². The summed E-state index contributed by atoms with van der Waals surface area (Å²) in [5.41, 5.74) is 2.51. The summed E-state index contributed by atoms with van der Waals surface area (Å²) in [5, 5.41) is 50.4. The van der Waals surface area contributed by atoms with Crippen molar-refractivity contribution in [2.45, 2.75) is 37.1 Å². The molecular formula is C20H21ClN2O8. The fourth-order valence-electron chi connectivity index (χ4n) is 3.81. The van der Waals surface area contributed by atoms with E-state index in [1.54, 1.807) is 30.3 Å². The summed E-state index contributed by atoms with van der Waals surface area (Å²) in [7, 11) is 0. The number of halogens is 1. The first kappa shape index (κ1) is 21.8. The normalized spacial score (nSPS) is 27.8. The van der Waals surface area contributed by atoms with E-state index in [0.29, 0.717) is 13.0 Å². The number of nitrogens with zero attached hydrogens (tertiary/aromatic N) is 2. The van der Waals surface area contributed by atoms with Gasteiger partial charge in [0.25, 0.3) is 5.69 Å². The van der Waals surface area contributed by atoms with Crippen LogP contribution in [0.3, 0.4) is 0 Å². The standard InChI is InChI=1S/C20H21ClN2O8/c21-13-8-11(22-6-5-10-7-12(23(28)29)1-3-14(10)22)2-4-15(13)30-20-19(27)18(26)17(25)16(9-24)31-20/h1-4,7-8,16-20,24-27H,5-6,9H2/t16?,17-,18?,19-,20+/m1/s1. The maximum absolute atomic E-state index is 11.0. The molecule has 11 heteroatoms. The maximum Gasteiger partial charge on any atom is 0.269 e. The number of aliphatic hydroxyl groups excluding tert-OH is 4. The fourth-order valence-corrected chi connectivity index (χ4v) is 4.03. The van der Waals surface area contributed by atoms with Gasteiger partial charge in [-0.05, 0) is 36.2 Å². The largest absolute Gasteiger partial charge is 0.460 e. The van der Waals surface area contributed by atoms with Gasteiger partial charge in [-0.1, -0.05) is 11.6 Å². The lowest BCUT2D eigenvalue weighted by molar-refractivity contribution is -0.384. The molecule has 5 atom stereocenters. The summed E-state index contributed by atoms with van der Waals surface area (Å²) in [4.78, 5) is 12.5. The van der Waals surface area contributed by atoms with Crippen molar-refractivity contribution >= 4 is 28.7 Å². The summed E-state index contributed by atoms with van der Waals surface area (Å²) in [6.45, 7) is 0.0593. The number of nitro benzene ring substituents is 1. The van der Waals surface area contributed by atoms with Crippen LogP contribution in [0.4, 0.5) is 17.1 Å². The van der Waals surface area contributed by atoms with Gasteiger partial charge in [0.1, 0.15) is 30.2 Å². The van der Waals surface area contributed by atoms with Gasteiger partial charge in [0.05, 0.1) is 16.6 Å². The quantitative estimate of drug-likeness (QED) is 0.387. The monoisotopic (exact) mass is 452 g/mol. The molecule has 31 heavy (non-hydrogen) atoms. The predicted molar refractivity (Wildman–Crippen MR) is 110 cm³/mol. The van der Waals surface area contributed by atoms with Crippen LogP contribution >= 0.6 is 11.6 Å². The molecule has 4 rings (SSSR count). The minimum Gasteiger partial charge on any atom is -0.460 e. The second-order valence-corrected chi connectivity index (χ2v) is 7.81. The highest BCUT2D eigenvalue weighted by Crippen LogP contribution is 2.39. The third kappa shape index (κ3) is 4.05. The summed E-state index contributed by atoms with van der Waals surface area (Å²) in [5.74, 6) is 0.179. The zero-order valence-corrected chi connectivity index (χ0v) is 16.9. The van der Waals surface area contributed by atoms with Crippen LogP contribution in [0.15, 0.2) is 36.4 Å². The van der Waals surface area contributed by atoms with Crippen LogP contribution in [0.2, 0.25) is 5.02 Å². The number of non-ortho nitro benzene ring substituents is 1. The van der Waals surface area contributed by atoms with Gasteiger partial charge in [-0.15, -0.1) is 0 Å². The molecule has 4 N–H and O–H groups in total. The van der Waals surface area contributed by atoms with Crippen LogP contribution in [-0.2, 0) is 11.2 Å². The molecule has 10 nitrogen and oxygen atoms in total. The van der Waals surface area contributed by atoms with E-state index in [1.165, 1.54) is 6.07 Å². The predicted octanol–water partition coefficient (Wildman–Crippen LogP) is 1.12. The first-order valence-corrected chi connectivity index (χ1v) is 9.99. The molecule has 1 saturated heterocycles. The van der Waals surface area contributed by atoms with E-state index < -0.39 is 42.2 Å². The smallest absolute Gasteiger partial charge is 0.269 e. The molecule has 0 aliphatic carbocycles. The number of ether oxygens (including phenoxy) is 2. The van der Waals surface area contributed by atoms with Crippen LogP contribution in [0.25, 0.3) is 0 Å². The Morgan fingerprint density at radius 2 is 1.94 bits per heavy atom. The SMILES string of the molecule is O=[N+]([O-])c1ccc2c(c1)CCN2c1ccc(O[C@H]2OC(CO)[C@@H](O)C(O)[C@H]2O)c(Cl)c1. The lowest BCUT2D eigenvalue weighted by Crippen LogP contribution is -2.60. The van der Waals surface area contributed by atoms with Crippen molar-refractivity contribution in [3.63, 3.8) is 0 Å². The molecular weight excluding hydrogens is 432 g/mol. The average molecular weight is 453 g/mol. The van der Waals surface area contributed by atoms with Crippen molar-refractivity contribution in [1.29, 1.82) is 0 Å².